The van der Waals surface area contributed by atoms with E-state index in [-0.39, 0.29) is 17.8 Å². The second kappa shape index (κ2) is 9.50. The van der Waals surface area contributed by atoms with Gasteiger partial charge in [0.15, 0.2) is 0 Å². The smallest absolute Gasteiger partial charge is 0.335 e. The number of aryl methyl sites for hydroxylation is 1. The Labute approximate surface area is 210 Å². The third kappa shape index (κ3) is 4.11. The molecule has 5 rings (SSSR count). The fraction of sp³-hybridized carbons (Fsp3) is 0.226. The first-order valence-electron chi connectivity index (χ1n) is 12.1. The maximum Gasteiger partial charge on any atom is 0.335 e. The van der Waals surface area contributed by atoms with Crippen LogP contribution in [0, 0.1) is 12.8 Å². The summed E-state index contributed by atoms with van der Waals surface area (Å²) < 4.78 is 17.4. The zero-order chi connectivity index (χ0) is 25.4. The molecule has 36 heavy (non-hydrogen) atoms. The summed E-state index contributed by atoms with van der Waals surface area (Å²) in [6.45, 7) is 10.5. The number of benzene rings is 1. The number of aldehydes is 1. The molecule has 0 bridgehead atoms. The molecule has 2 unspecified atom stereocenters. The SMILES string of the molecule is C=C1/C(=C\c2ccc(-c3ccc(C=O)cc3C)o2)CC2=CC(C)=C(C(=O)OCC)C(c3ccco3)C12. The number of rotatable bonds is 6. The van der Waals surface area contributed by atoms with Crippen molar-refractivity contribution in [3.05, 3.63) is 112 Å². The lowest BCUT2D eigenvalue weighted by Gasteiger charge is -2.30. The van der Waals surface area contributed by atoms with Gasteiger partial charge in [0.1, 0.15) is 23.6 Å². The molecule has 2 aromatic heterocycles. The van der Waals surface area contributed by atoms with Gasteiger partial charge in [-0.15, -0.1) is 0 Å². The van der Waals surface area contributed by atoms with Gasteiger partial charge in [0, 0.05) is 17.0 Å². The zero-order valence-corrected chi connectivity index (χ0v) is 20.7. The number of fused-ring (bicyclic) bond motifs is 1. The molecule has 2 aliphatic carbocycles. The molecule has 1 fully saturated rings. The summed E-state index contributed by atoms with van der Waals surface area (Å²) in [4.78, 5) is 24.0. The normalized spacial score (nSPS) is 20.5. The molecule has 5 nitrogen and oxygen atoms in total. The van der Waals surface area contributed by atoms with E-state index < -0.39 is 0 Å². The summed E-state index contributed by atoms with van der Waals surface area (Å²) >= 11 is 0. The molecule has 2 aliphatic rings. The highest BCUT2D eigenvalue weighted by Crippen LogP contribution is 2.53. The van der Waals surface area contributed by atoms with Gasteiger partial charge in [-0.05, 0) is 85.9 Å². The first-order chi connectivity index (χ1) is 17.4. The monoisotopic (exact) mass is 480 g/mol. The van der Waals surface area contributed by atoms with Gasteiger partial charge < -0.3 is 13.6 Å². The molecule has 2 atom stereocenters. The maximum absolute atomic E-state index is 13.0. The molecule has 5 heteroatoms. The Balaban J connectivity index is 1.48. The number of allylic oxidation sites excluding steroid dienone is 5. The Bertz CT molecular complexity index is 1440. The van der Waals surface area contributed by atoms with Crippen LogP contribution in [0.15, 0.2) is 98.1 Å². The van der Waals surface area contributed by atoms with Crippen LogP contribution in [0.2, 0.25) is 0 Å². The van der Waals surface area contributed by atoms with Crippen LogP contribution in [0.1, 0.15) is 53.6 Å². The quantitative estimate of drug-likeness (QED) is 0.275. The number of furan rings is 2. The summed E-state index contributed by atoms with van der Waals surface area (Å²) in [5.41, 5.74) is 7.29. The van der Waals surface area contributed by atoms with Crippen molar-refractivity contribution in [3.8, 4) is 11.3 Å². The van der Waals surface area contributed by atoms with Crippen molar-refractivity contribution in [3.63, 3.8) is 0 Å². The third-order valence-corrected chi connectivity index (χ3v) is 6.99. The van der Waals surface area contributed by atoms with E-state index in [1.165, 1.54) is 5.57 Å². The van der Waals surface area contributed by atoms with Crippen molar-refractivity contribution in [1.29, 1.82) is 0 Å². The Kier molecular flexibility index (Phi) is 6.23. The first kappa shape index (κ1) is 23.6. The lowest BCUT2D eigenvalue weighted by Crippen LogP contribution is -2.25. The van der Waals surface area contributed by atoms with Crippen molar-refractivity contribution in [2.24, 2.45) is 5.92 Å². The fourth-order valence-corrected chi connectivity index (χ4v) is 5.39. The van der Waals surface area contributed by atoms with Crippen molar-refractivity contribution in [2.75, 3.05) is 6.61 Å². The minimum atomic E-state index is -0.316. The lowest BCUT2D eigenvalue weighted by atomic mass is 9.73. The van der Waals surface area contributed by atoms with E-state index >= 15 is 0 Å². The van der Waals surface area contributed by atoms with Crippen LogP contribution in [0.5, 0.6) is 0 Å². The van der Waals surface area contributed by atoms with Crippen LogP contribution in [0.4, 0.5) is 0 Å². The van der Waals surface area contributed by atoms with E-state index in [0.717, 1.165) is 57.8 Å². The molecule has 0 saturated heterocycles. The number of hydrogen-bond donors (Lipinski definition) is 0. The van der Waals surface area contributed by atoms with Gasteiger partial charge in [0.25, 0.3) is 0 Å². The predicted octanol–water partition coefficient (Wildman–Crippen LogP) is 7.22. The fourth-order valence-electron chi connectivity index (χ4n) is 5.39. The number of carbonyl (C=O) groups excluding carboxylic acids is 2. The first-order valence-corrected chi connectivity index (χ1v) is 12.1. The Morgan fingerprint density at radius 2 is 2.00 bits per heavy atom. The predicted molar refractivity (Wildman–Crippen MR) is 138 cm³/mol. The van der Waals surface area contributed by atoms with E-state index in [2.05, 4.69) is 12.7 Å². The number of hydrogen-bond acceptors (Lipinski definition) is 5. The number of ether oxygens (including phenoxy) is 1. The molecular formula is C31H28O5. The second-order valence-electron chi connectivity index (χ2n) is 9.27. The minimum Gasteiger partial charge on any atom is -0.469 e. The molecule has 2 heterocycles. The molecule has 182 valence electrons. The summed E-state index contributed by atoms with van der Waals surface area (Å²) in [7, 11) is 0. The van der Waals surface area contributed by atoms with Crippen LogP contribution in [-0.2, 0) is 9.53 Å². The Hall–Kier alpha value is -4.12. The minimum absolute atomic E-state index is 0.0851. The average Bonchev–Trinajstić information content (AvgIpc) is 3.60. The van der Waals surface area contributed by atoms with Gasteiger partial charge in [-0.2, -0.15) is 0 Å². The molecule has 0 aliphatic heterocycles. The van der Waals surface area contributed by atoms with Crippen molar-refractivity contribution < 1.29 is 23.2 Å². The van der Waals surface area contributed by atoms with Crippen molar-refractivity contribution in [2.45, 2.75) is 33.1 Å². The van der Waals surface area contributed by atoms with E-state index in [0.29, 0.717) is 17.7 Å². The van der Waals surface area contributed by atoms with Gasteiger partial charge in [0.05, 0.1) is 24.4 Å². The Morgan fingerprint density at radius 3 is 2.69 bits per heavy atom. The van der Waals surface area contributed by atoms with Gasteiger partial charge in [-0.3, -0.25) is 4.79 Å². The van der Waals surface area contributed by atoms with Gasteiger partial charge >= 0.3 is 5.97 Å². The highest BCUT2D eigenvalue weighted by Gasteiger charge is 2.44. The highest BCUT2D eigenvalue weighted by molar-refractivity contribution is 5.93. The topological polar surface area (TPSA) is 69.7 Å². The molecule has 0 radical (unpaired) electrons. The van der Waals surface area contributed by atoms with Crippen molar-refractivity contribution in [1.82, 2.24) is 0 Å². The van der Waals surface area contributed by atoms with Crippen LogP contribution in [0.3, 0.4) is 0 Å². The molecule has 1 aromatic carbocycles. The van der Waals surface area contributed by atoms with Gasteiger partial charge in [-0.25, -0.2) is 4.79 Å². The number of carbonyl (C=O) groups is 2. The van der Waals surface area contributed by atoms with E-state index in [4.69, 9.17) is 13.6 Å². The summed E-state index contributed by atoms with van der Waals surface area (Å²) in [5, 5.41) is 0. The van der Waals surface area contributed by atoms with Crippen molar-refractivity contribution >= 4 is 18.3 Å². The second-order valence-corrected chi connectivity index (χ2v) is 9.27. The van der Waals surface area contributed by atoms with Crippen LogP contribution < -0.4 is 0 Å². The average molecular weight is 481 g/mol. The molecular weight excluding hydrogens is 452 g/mol. The van der Waals surface area contributed by atoms with E-state index in [9.17, 15) is 9.59 Å². The highest BCUT2D eigenvalue weighted by atomic mass is 16.5. The van der Waals surface area contributed by atoms with E-state index in [1.54, 1.807) is 12.3 Å². The molecule has 3 aromatic rings. The maximum atomic E-state index is 13.0. The molecule has 1 saturated carbocycles. The van der Waals surface area contributed by atoms with Gasteiger partial charge in [-0.1, -0.05) is 30.4 Å². The van der Waals surface area contributed by atoms with Crippen LogP contribution in [-0.4, -0.2) is 18.9 Å². The summed E-state index contributed by atoms with van der Waals surface area (Å²) in [6, 6.07) is 13.2. The van der Waals surface area contributed by atoms with E-state index in [1.807, 2.05) is 63.2 Å². The molecule has 0 N–H and O–H groups in total. The number of esters is 1. The van der Waals surface area contributed by atoms with Crippen LogP contribution in [0.25, 0.3) is 17.4 Å². The molecule has 0 spiro atoms. The van der Waals surface area contributed by atoms with Gasteiger partial charge in [0.2, 0.25) is 0 Å². The third-order valence-electron chi connectivity index (χ3n) is 6.99. The standard InChI is InChI=1S/C31H28O5/c1-5-34-31(33)28-19(3)14-23-15-22(20(4)29(23)30(28)27-7-6-12-35-27)16-24-9-11-26(36-24)25-10-8-21(17-32)13-18(25)2/h6-14,16-17,29-30H,4-5,15H2,1-3H3/b22-16-. The summed E-state index contributed by atoms with van der Waals surface area (Å²) in [5.74, 6) is 1.51. The largest absolute Gasteiger partial charge is 0.469 e. The summed E-state index contributed by atoms with van der Waals surface area (Å²) in [6.07, 6.45) is 7.31. The van der Waals surface area contributed by atoms with Crippen LogP contribution >= 0.6 is 0 Å². The molecule has 0 amide bonds. The lowest BCUT2D eigenvalue weighted by molar-refractivity contribution is -0.139. The Morgan fingerprint density at radius 1 is 1.17 bits per heavy atom. The zero-order valence-electron chi connectivity index (χ0n) is 20.7.